The molecule has 0 aliphatic heterocycles. The fraction of sp³-hybridized carbons (Fsp3) is 0.533. The maximum absolute atomic E-state index is 12.3. The molecule has 2 nitrogen and oxygen atoms in total. The van der Waals surface area contributed by atoms with E-state index in [2.05, 4.69) is 13.8 Å². The van der Waals surface area contributed by atoms with Crippen LogP contribution in [-0.4, -0.2) is 11.9 Å². The van der Waals surface area contributed by atoms with Crippen molar-refractivity contribution in [3.63, 3.8) is 0 Å². The van der Waals surface area contributed by atoms with Crippen LogP contribution in [0.25, 0.3) is 0 Å². The normalized spacial score (nSPS) is 10.9. The fourth-order valence-corrected chi connectivity index (χ4v) is 1.91. The first-order chi connectivity index (χ1) is 8.10. The van der Waals surface area contributed by atoms with Crippen LogP contribution in [0.4, 0.5) is 0 Å². The molecule has 0 bridgehead atoms. The number of hydrogen-bond donors (Lipinski definition) is 0. The zero-order chi connectivity index (χ0) is 12.8. The Balaban J connectivity index is 2.99. The number of ketones is 1. The average molecular weight is 234 g/mol. The molecule has 94 valence electrons. The first-order valence-electron chi connectivity index (χ1n) is 6.40. The average Bonchev–Trinajstić information content (AvgIpc) is 2.30. The molecule has 0 saturated heterocycles. The summed E-state index contributed by atoms with van der Waals surface area (Å²) in [6.07, 6.45) is 1.85. The van der Waals surface area contributed by atoms with E-state index in [9.17, 15) is 4.79 Å². The molecule has 0 aliphatic carbocycles. The summed E-state index contributed by atoms with van der Waals surface area (Å²) in [7, 11) is 0. The lowest BCUT2D eigenvalue weighted by atomic mass is 9.92. The Morgan fingerprint density at radius 2 is 1.76 bits per heavy atom. The number of para-hydroxylation sites is 1. The van der Waals surface area contributed by atoms with Gasteiger partial charge < -0.3 is 4.74 Å². The van der Waals surface area contributed by atoms with Gasteiger partial charge in [0.15, 0.2) is 5.78 Å². The summed E-state index contributed by atoms with van der Waals surface area (Å²) in [5.74, 6) is 1.01. The van der Waals surface area contributed by atoms with Gasteiger partial charge in [-0.2, -0.15) is 0 Å². The second kappa shape index (κ2) is 6.43. The summed E-state index contributed by atoms with van der Waals surface area (Å²) in [5, 5.41) is 0. The van der Waals surface area contributed by atoms with E-state index in [0.29, 0.717) is 5.75 Å². The number of hydrogen-bond acceptors (Lipinski definition) is 2. The van der Waals surface area contributed by atoms with Crippen LogP contribution < -0.4 is 4.74 Å². The minimum absolute atomic E-state index is 0.0886. The van der Waals surface area contributed by atoms with Crippen molar-refractivity contribution in [1.29, 1.82) is 0 Å². The lowest BCUT2D eigenvalue weighted by Gasteiger charge is -2.16. The summed E-state index contributed by atoms with van der Waals surface area (Å²) in [5.41, 5.74) is 0.718. The number of ether oxygens (including phenoxy) is 1. The summed E-state index contributed by atoms with van der Waals surface area (Å²) in [6.45, 7) is 8.05. The number of benzene rings is 1. The summed E-state index contributed by atoms with van der Waals surface area (Å²) in [6, 6.07) is 7.53. The van der Waals surface area contributed by atoms with Gasteiger partial charge >= 0.3 is 0 Å². The third kappa shape index (κ3) is 3.58. The number of rotatable bonds is 6. The SMILES string of the molecule is CCC(CC)C(=O)c1ccccc1OC(C)C. The Hall–Kier alpha value is -1.31. The first-order valence-corrected chi connectivity index (χ1v) is 6.40. The second-order valence-electron chi connectivity index (χ2n) is 4.54. The van der Waals surface area contributed by atoms with Crippen LogP contribution in [0.5, 0.6) is 5.75 Å². The van der Waals surface area contributed by atoms with E-state index >= 15 is 0 Å². The zero-order valence-corrected chi connectivity index (χ0v) is 11.2. The van der Waals surface area contributed by atoms with Gasteiger partial charge in [-0.1, -0.05) is 26.0 Å². The number of Topliss-reactive ketones (excluding diaryl/α,β-unsaturated/α-hetero) is 1. The molecule has 2 heteroatoms. The molecule has 0 saturated carbocycles. The predicted octanol–water partition coefficient (Wildman–Crippen LogP) is 4.09. The van der Waals surface area contributed by atoms with Crippen LogP contribution in [0, 0.1) is 5.92 Å². The Morgan fingerprint density at radius 1 is 1.18 bits per heavy atom. The largest absolute Gasteiger partial charge is 0.490 e. The van der Waals surface area contributed by atoms with Gasteiger partial charge in [-0.25, -0.2) is 0 Å². The topological polar surface area (TPSA) is 26.3 Å². The molecular weight excluding hydrogens is 212 g/mol. The van der Waals surface area contributed by atoms with Crippen LogP contribution in [0.1, 0.15) is 50.9 Å². The van der Waals surface area contributed by atoms with Gasteiger partial charge in [-0.3, -0.25) is 4.79 Å². The maximum Gasteiger partial charge on any atom is 0.169 e. The highest BCUT2D eigenvalue weighted by Crippen LogP contribution is 2.24. The highest BCUT2D eigenvalue weighted by Gasteiger charge is 2.20. The standard InChI is InChI=1S/C15H22O2/c1-5-12(6-2)15(16)13-9-7-8-10-14(13)17-11(3)4/h7-12H,5-6H2,1-4H3. The highest BCUT2D eigenvalue weighted by atomic mass is 16.5. The van der Waals surface area contributed by atoms with E-state index in [-0.39, 0.29) is 17.8 Å². The second-order valence-corrected chi connectivity index (χ2v) is 4.54. The molecule has 1 rings (SSSR count). The van der Waals surface area contributed by atoms with Crippen molar-refractivity contribution in [2.75, 3.05) is 0 Å². The van der Waals surface area contributed by atoms with Crippen molar-refractivity contribution in [3.05, 3.63) is 29.8 Å². The van der Waals surface area contributed by atoms with E-state index < -0.39 is 0 Å². The quantitative estimate of drug-likeness (QED) is 0.693. The van der Waals surface area contributed by atoms with Crippen molar-refractivity contribution in [1.82, 2.24) is 0 Å². The fourth-order valence-electron chi connectivity index (χ4n) is 1.91. The minimum atomic E-state index is 0.0886. The predicted molar refractivity (Wildman–Crippen MR) is 70.6 cm³/mol. The van der Waals surface area contributed by atoms with Crippen LogP contribution in [0.15, 0.2) is 24.3 Å². The van der Waals surface area contributed by atoms with Gasteiger partial charge in [-0.05, 0) is 38.8 Å². The van der Waals surface area contributed by atoms with Gasteiger partial charge in [0.2, 0.25) is 0 Å². The molecule has 0 amide bonds. The number of carbonyl (C=O) groups excluding carboxylic acids is 1. The molecule has 0 radical (unpaired) electrons. The molecule has 0 aliphatic rings. The van der Waals surface area contributed by atoms with Crippen LogP contribution >= 0.6 is 0 Å². The lowest BCUT2D eigenvalue weighted by Crippen LogP contribution is -2.16. The van der Waals surface area contributed by atoms with E-state index in [1.807, 2.05) is 38.1 Å². The molecule has 1 aromatic rings. The Kier molecular flexibility index (Phi) is 5.20. The van der Waals surface area contributed by atoms with Crippen molar-refractivity contribution in [2.24, 2.45) is 5.92 Å². The van der Waals surface area contributed by atoms with E-state index in [4.69, 9.17) is 4.74 Å². The molecule has 0 heterocycles. The monoisotopic (exact) mass is 234 g/mol. The van der Waals surface area contributed by atoms with E-state index in [1.54, 1.807) is 0 Å². The van der Waals surface area contributed by atoms with Gasteiger partial charge in [0.1, 0.15) is 5.75 Å². The van der Waals surface area contributed by atoms with Crippen molar-refractivity contribution in [2.45, 2.75) is 46.6 Å². The van der Waals surface area contributed by atoms with Gasteiger partial charge in [0.25, 0.3) is 0 Å². The Bertz CT molecular complexity index is 365. The van der Waals surface area contributed by atoms with Crippen molar-refractivity contribution < 1.29 is 9.53 Å². The molecule has 0 fully saturated rings. The molecule has 0 N–H and O–H groups in total. The van der Waals surface area contributed by atoms with E-state index in [1.165, 1.54) is 0 Å². The third-order valence-corrected chi connectivity index (χ3v) is 2.87. The molecule has 17 heavy (non-hydrogen) atoms. The molecule has 0 aromatic heterocycles. The van der Waals surface area contributed by atoms with Crippen molar-refractivity contribution >= 4 is 5.78 Å². The third-order valence-electron chi connectivity index (χ3n) is 2.87. The molecule has 0 unspecified atom stereocenters. The number of carbonyl (C=O) groups is 1. The van der Waals surface area contributed by atoms with Gasteiger partial charge in [0.05, 0.1) is 11.7 Å². The molecule has 0 atom stereocenters. The van der Waals surface area contributed by atoms with Crippen LogP contribution in [-0.2, 0) is 0 Å². The van der Waals surface area contributed by atoms with Gasteiger partial charge in [-0.15, -0.1) is 0 Å². The Morgan fingerprint density at radius 3 is 2.29 bits per heavy atom. The molecule has 0 spiro atoms. The Labute approximate surface area is 104 Å². The summed E-state index contributed by atoms with van der Waals surface area (Å²) >= 11 is 0. The van der Waals surface area contributed by atoms with E-state index in [0.717, 1.165) is 18.4 Å². The first kappa shape index (κ1) is 13.8. The zero-order valence-electron chi connectivity index (χ0n) is 11.2. The lowest BCUT2D eigenvalue weighted by molar-refractivity contribution is 0.0907. The molecule has 1 aromatic carbocycles. The van der Waals surface area contributed by atoms with Crippen LogP contribution in [0.2, 0.25) is 0 Å². The highest BCUT2D eigenvalue weighted by molar-refractivity contribution is 6.00. The maximum atomic E-state index is 12.3. The smallest absolute Gasteiger partial charge is 0.169 e. The summed E-state index contributed by atoms with van der Waals surface area (Å²) < 4.78 is 5.68. The summed E-state index contributed by atoms with van der Waals surface area (Å²) in [4.78, 5) is 12.3. The molecular formula is C15H22O2. The van der Waals surface area contributed by atoms with Crippen molar-refractivity contribution in [3.8, 4) is 5.75 Å². The minimum Gasteiger partial charge on any atom is -0.490 e. The van der Waals surface area contributed by atoms with Crippen LogP contribution in [0.3, 0.4) is 0 Å². The van der Waals surface area contributed by atoms with Gasteiger partial charge in [0, 0.05) is 5.92 Å².